The fraction of sp³-hybridized carbons (Fsp3) is 0.161. The summed E-state index contributed by atoms with van der Waals surface area (Å²) in [5, 5.41) is 16.4. The van der Waals surface area contributed by atoms with Crippen LogP contribution in [0.2, 0.25) is 5.02 Å². The van der Waals surface area contributed by atoms with E-state index in [9.17, 15) is 14.4 Å². The maximum absolute atomic E-state index is 11.9. The van der Waals surface area contributed by atoms with Crippen LogP contribution in [-0.2, 0) is 25.7 Å². The van der Waals surface area contributed by atoms with Crippen molar-refractivity contribution in [3.8, 4) is 11.6 Å². The van der Waals surface area contributed by atoms with Gasteiger partial charge in [-0.3, -0.25) is 15.5 Å². The molecule has 3 amide bonds. The maximum Gasteiger partial charge on any atom is 0.438 e. The molecule has 0 fully saturated rings. The second-order valence-corrected chi connectivity index (χ2v) is 10.4. The summed E-state index contributed by atoms with van der Waals surface area (Å²) in [6.07, 6.45) is -0.214. The van der Waals surface area contributed by atoms with Crippen LogP contribution >= 0.6 is 36.0 Å². The Morgan fingerprint density at radius 3 is 1.86 bits per heavy atom. The van der Waals surface area contributed by atoms with Gasteiger partial charge in [-0.05, 0) is 66.9 Å². The normalized spacial score (nSPS) is 9.90. The van der Waals surface area contributed by atoms with Gasteiger partial charge in [0.1, 0.15) is 6.61 Å². The van der Waals surface area contributed by atoms with Crippen molar-refractivity contribution in [2.75, 3.05) is 44.1 Å². The van der Waals surface area contributed by atoms with Crippen molar-refractivity contribution in [2.24, 2.45) is 0 Å². The molecule has 15 nitrogen and oxygen atoms in total. The second kappa shape index (κ2) is 19.4. The number of hydrogen-bond donors (Lipinski definition) is 4. The Morgan fingerprint density at radius 1 is 0.776 bits per heavy atom. The van der Waals surface area contributed by atoms with Crippen LogP contribution in [0.1, 0.15) is 5.56 Å². The number of alkyl carbamates (subject to hydrolysis) is 2. The molecule has 0 aliphatic carbocycles. The monoisotopic (exact) mass is 729 g/mol. The molecule has 0 aliphatic rings. The molecule has 1 heterocycles. The maximum atomic E-state index is 11.9. The third-order valence-corrected chi connectivity index (χ3v) is 6.65. The molecule has 0 aliphatic heterocycles. The van der Waals surface area contributed by atoms with E-state index in [1.165, 1.54) is 28.4 Å². The summed E-state index contributed by atoms with van der Waals surface area (Å²) in [6.45, 7) is 0.199. The molecule has 18 heteroatoms. The van der Waals surface area contributed by atoms with E-state index in [-0.39, 0.29) is 16.8 Å². The van der Waals surface area contributed by atoms with E-state index in [0.29, 0.717) is 28.0 Å². The minimum absolute atomic E-state index is 0.0490. The van der Waals surface area contributed by atoms with Gasteiger partial charge in [0.25, 0.3) is 0 Å². The summed E-state index contributed by atoms with van der Waals surface area (Å²) < 4.78 is 21.1. The summed E-state index contributed by atoms with van der Waals surface area (Å²) in [4.78, 5) is 39.1. The van der Waals surface area contributed by atoms with Gasteiger partial charge in [0.15, 0.2) is 10.2 Å². The van der Waals surface area contributed by atoms with Crippen LogP contribution in [0.25, 0.3) is 5.69 Å². The first-order valence-electron chi connectivity index (χ1n) is 13.9. The van der Waals surface area contributed by atoms with E-state index in [1.54, 1.807) is 65.5 Å². The molecule has 49 heavy (non-hydrogen) atoms. The van der Waals surface area contributed by atoms with E-state index < -0.39 is 18.3 Å². The Morgan fingerprint density at radius 2 is 1.33 bits per heavy atom. The van der Waals surface area contributed by atoms with E-state index in [1.807, 2.05) is 24.3 Å². The molecular weight excluding hydrogens is 698 g/mol. The van der Waals surface area contributed by atoms with Gasteiger partial charge in [0.05, 0.1) is 51.2 Å². The number of methoxy groups -OCH3 is 3. The van der Waals surface area contributed by atoms with Crippen molar-refractivity contribution in [3.63, 3.8) is 0 Å². The van der Waals surface area contributed by atoms with Crippen molar-refractivity contribution in [1.82, 2.24) is 20.4 Å². The van der Waals surface area contributed by atoms with Crippen molar-refractivity contribution in [2.45, 2.75) is 6.61 Å². The summed E-state index contributed by atoms with van der Waals surface area (Å²) in [5.41, 5.74) is 3.22. The van der Waals surface area contributed by atoms with Gasteiger partial charge >= 0.3 is 18.3 Å². The third kappa shape index (κ3) is 11.9. The molecule has 0 saturated heterocycles. The fourth-order valence-corrected chi connectivity index (χ4v) is 4.27. The summed E-state index contributed by atoms with van der Waals surface area (Å²) >= 11 is 15.8. The predicted octanol–water partition coefficient (Wildman–Crippen LogP) is 6.03. The number of carbonyl (C=O) groups is 3. The number of anilines is 3. The van der Waals surface area contributed by atoms with Crippen LogP contribution in [0, 0.1) is 0 Å². The van der Waals surface area contributed by atoms with Gasteiger partial charge < -0.3 is 29.6 Å². The first-order valence-corrected chi connectivity index (χ1v) is 15.1. The summed E-state index contributed by atoms with van der Waals surface area (Å²) in [6, 6.07) is 23.2. The van der Waals surface area contributed by atoms with E-state index in [0.717, 1.165) is 16.3 Å². The number of carbonyl (C=O) groups excluding carboxylic acids is 3. The largest absolute Gasteiger partial charge is 0.472 e. The number of halogens is 1. The molecule has 0 unspecified atom stereocenters. The van der Waals surface area contributed by atoms with Crippen LogP contribution in [0.5, 0.6) is 5.88 Å². The highest BCUT2D eigenvalue weighted by Crippen LogP contribution is 2.24. The lowest BCUT2D eigenvalue weighted by molar-refractivity contribution is 0.115. The SMILES string of the molecule is COC(=O)N(OC)c1ccccc1COc1ccn(-c2ccc(Cl)cc2)n1.COC(=O)NC(=S)Nc1ccccc1NC(=S)NC(=O)OC. The average molecular weight is 730 g/mol. The van der Waals surface area contributed by atoms with Gasteiger partial charge in [-0.15, -0.1) is 5.10 Å². The van der Waals surface area contributed by atoms with E-state index in [2.05, 4.69) is 35.8 Å². The molecule has 4 rings (SSSR count). The van der Waals surface area contributed by atoms with Crippen LogP contribution in [0.4, 0.5) is 31.4 Å². The van der Waals surface area contributed by atoms with E-state index >= 15 is 0 Å². The van der Waals surface area contributed by atoms with Crippen LogP contribution in [0.3, 0.4) is 0 Å². The highest BCUT2D eigenvalue weighted by Gasteiger charge is 2.19. The van der Waals surface area contributed by atoms with Crippen molar-refractivity contribution >= 4 is 81.6 Å². The quantitative estimate of drug-likeness (QED) is 0.0944. The minimum Gasteiger partial charge on any atom is -0.472 e. The highest BCUT2D eigenvalue weighted by atomic mass is 35.5. The Bertz CT molecular complexity index is 1710. The standard InChI is InChI=1S/C19H18ClN3O4.C12H14N4O4S2/c1-25-19(24)23(26-2)17-6-4-3-5-14(17)13-27-18-11-12-22(21-18)16-9-7-15(20)8-10-16;1-19-11(17)15-9(21)13-7-5-3-4-6-8(7)14-10(22)16-12(18)20-2/h3-12H,13H2,1-2H3;3-6H,1-2H3,(H2,13,15,17,21)(H2,14,16,18,22). The topological polar surface area (TPSA) is 167 Å². The number of hydrogen-bond acceptors (Lipinski definition) is 11. The first-order chi connectivity index (χ1) is 23.6. The summed E-state index contributed by atoms with van der Waals surface area (Å²) in [5.74, 6) is 0.446. The second-order valence-electron chi connectivity index (χ2n) is 9.13. The molecule has 0 spiro atoms. The average Bonchev–Trinajstić information content (AvgIpc) is 3.58. The first kappa shape index (κ1) is 38.0. The Hall–Kier alpha value is -5.49. The Kier molecular flexibility index (Phi) is 15.0. The molecule has 1 aromatic heterocycles. The van der Waals surface area contributed by atoms with Crippen LogP contribution < -0.4 is 31.1 Å². The fourth-order valence-electron chi connectivity index (χ4n) is 3.75. The van der Waals surface area contributed by atoms with Crippen LogP contribution in [0.15, 0.2) is 85.1 Å². The van der Waals surface area contributed by atoms with Crippen molar-refractivity contribution < 1.29 is 38.2 Å². The number of rotatable bonds is 8. The lowest BCUT2D eigenvalue weighted by Crippen LogP contribution is -2.35. The number of para-hydroxylation sites is 3. The molecule has 4 aromatic rings. The predicted molar refractivity (Wildman–Crippen MR) is 191 cm³/mol. The molecule has 0 radical (unpaired) electrons. The highest BCUT2D eigenvalue weighted by molar-refractivity contribution is 7.80. The number of nitrogens with zero attached hydrogens (tertiary/aromatic N) is 3. The van der Waals surface area contributed by atoms with Crippen molar-refractivity contribution in [3.05, 3.63) is 95.6 Å². The zero-order chi connectivity index (χ0) is 35.8. The van der Waals surface area contributed by atoms with Crippen LogP contribution in [-0.4, -0.2) is 66.7 Å². The molecule has 258 valence electrons. The Balaban J connectivity index is 0.000000272. The van der Waals surface area contributed by atoms with Crippen molar-refractivity contribution in [1.29, 1.82) is 0 Å². The van der Waals surface area contributed by atoms with Gasteiger partial charge in [-0.25, -0.2) is 19.1 Å². The minimum atomic E-state index is -0.689. The van der Waals surface area contributed by atoms with Gasteiger partial charge in [-0.1, -0.05) is 41.9 Å². The third-order valence-electron chi connectivity index (χ3n) is 5.99. The number of amides is 3. The lowest BCUT2D eigenvalue weighted by Gasteiger charge is -2.20. The number of hydroxylamine groups is 1. The van der Waals surface area contributed by atoms with E-state index in [4.69, 9.17) is 50.3 Å². The molecule has 3 aromatic carbocycles. The number of benzene rings is 3. The molecule has 4 N–H and O–H groups in total. The number of nitrogens with one attached hydrogen (secondary N) is 4. The number of ether oxygens (including phenoxy) is 4. The van der Waals surface area contributed by atoms with Gasteiger partial charge in [-0.2, -0.15) is 5.06 Å². The zero-order valence-electron chi connectivity index (χ0n) is 26.6. The molecule has 0 atom stereocenters. The lowest BCUT2D eigenvalue weighted by atomic mass is 10.2. The zero-order valence-corrected chi connectivity index (χ0v) is 29.0. The number of aromatic nitrogens is 2. The smallest absolute Gasteiger partial charge is 0.438 e. The molecule has 0 saturated carbocycles. The van der Waals surface area contributed by atoms with Gasteiger partial charge in [0, 0.05) is 22.8 Å². The summed E-state index contributed by atoms with van der Waals surface area (Å²) in [7, 11) is 5.13. The van der Waals surface area contributed by atoms with Gasteiger partial charge in [0.2, 0.25) is 5.88 Å². The number of thiocarbonyl (C=S) groups is 2. The molecule has 0 bridgehead atoms. The Labute approximate surface area is 297 Å². The molecular formula is C31H32ClN7O8S2.